The lowest BCUT2D eigenvalue weighted by Crippen LogP contribution is -2.18. The second kappa shape index (κ2) is 11.3. The molecule has 1 aromatic carbocycles. The summed E-state index contributed by atoms with van der Waals surface area (Å²) in [5.74, 6) is 0.297. The lowest BCUT2D eigenvalue weighted by molar-refractivity contribution is -0.146. The predicted octanol–water partition coefficient (Wildman–Crippen LogP) is 3.94. The first-order valence-corrected chi connectivity index (χ1v) is 9.21. The van der Waals surface area contributed by atoms with Gasteiger partial charge in [-0.25, -0.2) is 9.59 Å². The van der Waals surface area contributed by atoms with E-state index in [4.69, 9.17) is 18.9 Å². The maximum absolute atomic E-state index is 12.1. The van der Waals surface area contributed by atoms with E-state index in [1.165, 1.54) is 6.08 Å². The van der Waals surface area contributed by atoms with E-state index in [-0.39, 0.29) is 18.8 Å². The van der Waals surface area contributed by atoms with Crippen LogP contribution in [0.4, 0.5) is 0 Å². The number of esters is 2. The zero-order chi connectivity index (χ0) is 20.4. The highest BCUT2D eigenvalue weighted by molar-refractivity contribution is 6.17. The molecule has 150 valence electrons. The van der Waals surface area contributed by atoms with Crippen molar-refractivity contribution in [3.05, 3.63) is 28.8 Å². The van der Waals surface area contributed by atoms with Crippen LogP contribution < -0.4 is 9.47 Å². The van der Waals surface area contributed by atoms with Gasteiger partial charge >= 0.3 is 11.9 Å². The quantitative estimate of drug-likeness (QED) is 0.266. The van der Waals surface area contributed by atoms with Crippen molar-refractivity contribution in [1.29, 1.82) is 0 Å². The lowest BCUT2D eigenvalue weighted by atomic mass is 10.1. The molecular formula is C21H30O6. The first-order chi connectivity index (χ1) is 12.8. The molecule has 1 aromatic rings. The van der Waals surface area contributed by atoms with E-state index in [0.717, 1.165) is 12.0 Å². The zero-order valence-electron chi connectivity index (χ0n) is 17.1. The Morgan fingerprint density at radius 1 is 1.07 bits per heavy atom. The molecule has 0 aromatic heterocycles. The summed E-state index contributed by atoms with van der Waals surface area (Å²) in [6.45, 7) is 10.4. The Bertz CT molecular complexity index is 655. The number of ether oxygens (including phenoxy) is 4. The second-order valence-electron chi connectivity index (χ2n) is 6.40. The molecule has 0 heterocycles. The van der Waals surface area contributed by atoms with Gasteiger partial charge in [-0.1, -0.05) is 13.8 Å². The molecule has 0 spiro atoms. The van der Waals surface area contributed by atoms with Crippen molar-refractivity contribution in [3.63, 3.8) is 0 Å². The summed E-state index contributed by atoms with van der Waals surface area (Å²) in [6.07, 6.45) is 2.38. The number of benzene rings is 1. The molecule has 0 fully saturated rings. The van der Waals surface area contributed by atoms with Gasteiger partial charge in [-0.2, -0.15) is 0 Å². The lowest BCUT2D eigenvalue weighted by Gasteiger charge is -2.15. The molecule has 0 N–H and O–H groups in total. The monoisotopic (exact) mass is 378 g/mol. The van der Waals surface area contributed by atoms with Gasteiger partial charge in [-0.05, 0) is 62.4 Å². The fourth-order valence-electron chi connectivity index (χ4n) is 2.37. The van der Waals surface area contributed by atoms with Crippen LogP contribution in [0.5, 0.6) is 11.5 Å². The first kappa shape index (κ1) is 22.5. The van der Waals surface area contributed by atoms with Crippen LogP contribution in [0.3, 0.4) is 0 Å². The Kier molecular flexibility index (Phi) is 9.40. The van der Waals surface area contributed by atoms with Crippen LogP contribution in [-0.4, -0.2) is 38.9 Å². The Morgan fingerprint density at radius 3 is 2.15 bits per heavy atom. The molecule has 0 radical (unpaired) electrons. The van der Waals surface area contributed by atoms with Gasteiger partial charge in [0.1, 0.15) is 5.57 Å². The van der Waals surface area contributed by atoms with Crippen LogP contribution in [0.15, 0.2) is 17.7 Å². The summed E-state index contributed by atoms with van der Waals surface area (Å²) in [7, 11) is 1.55. The standard InChI is InChI=1S/C21H30O6/c1-7-25-20(22)17(21(23)26-8-2)12-16-11-15(5)19(18(13-16)24-6)27-10-9-14(3)4/h11-14H,7-10H2,1-6H3. The number of methoxy groups -OCH3 is 1. The van der Waals surface area contributed by atoms with Gasteiger partial charge < -0.3 is 18.9 Å². The molecule has 6 nitrogen and oxygen atoms in total. The van der Waals surface area contributed by atoms with Crippen molar-refractivity contribution in [1.82, 2.24) is 0 Å². The van der Waals surface area contributed by atoms with E-state index in [9.17, 15) is 9.59 Å². The normalized spacial score (nSPS) is 10.3. The van der Waals surface area contributed by atoms with Crippen LogP contribution in [-0.2, 0) is 19.1 Å². The van der Waals surface area contributed by atoms with Crippen molar-refractivity contribution in [3.8, 4) is 11.5 Å². The molecule has 27 heavy (non-hydrogen) atoms. The molecule has 0 unspecified atom stereocenters. The van der Waals surface area contributed by atoms with E-state index >= 15 is 0 Å². The summed E-state index contributed by atoms with van der Waals surface area (Å²) in [4.78, 5) is 24.3. The SMILES string of the molecule is CCOC(=O)C(=Cc1cc(C)c(OCCC(C)C)c(OC)c1)C(=O)OCC. The van der Waals surface area contributed by atoms with E-state index in [2.05, 4.69) is 13.8 Å². The van der Waals surface area contributed by atoms with Crippen LogP contribution in [0.25, 0.3) is 6.08 Å². The molecule has 0 aliphatic heterocycles. The van der Waals surface area contributed by atoms with Gasteiger partial charge in [0.25, 0.3) is 0 Å². The molecule has 0 atom stereocenters. The number of rotatable bonds is 10. The largest absolute Gasteiger partial charge is 0.493 e. The fourth-order valence-corrected chi connectivity index (χ4v) is 2.37. The van der Waals surface area contributed by atoms with Gasteiger partial charge in [-0.15, -0.1) is 0 Å². The number of hydrogen-bond donors (Lipinski definition) is 0. The van der Waals surface area contributed by atoms with E-state index in [0.29, 0.717) is 29.6 Å². The highest BCUT2D eigenvalue weighted by atomic mass is 16.6. The molecule has 0 aliphatic carbocycles. The Morgan fingerprint density at radius 2 is 1.67 bits per heavy atom. The topological polar surface area (TPSA) is 71.1 Å². The number of carbonyl (C=O) groups excluding carboxylic acids is 2. The Hall–Kier alpha value is -2.50. The number of hydrogen-bond acceptors (Lipinski definition) is 6. The average molecular weight is 378 g/mol. The zero-order valence-corrected chi connectivity index (χ0v) is 17.1. The number of carbonyl (C=O) groups is 2. The molecule has 0 bridgehead atoms. The molecular weight excluding hydrogens is 348 g/mol. The smallest absolute Gasteiger partial charge is 0.345 e. The highest BCUT2D eigenvalue weighted by Gasteiger charge is 2.21. The molecule has 0 aliphatic rings. The van der Waals surface area contributed by atoms with E-state index in [1.54, 1.807) is 27.0 Å². The summed E-state index contributed by atoms with van der Waals surface area (Å²) < 4.78 is 21.2. The molecule has 0 amide bonds. The van der Waals surface area contributed by atoms with E-state index in [1.807, 2.05) is 13.0 Å². The van der Waals surface area contributed by atoms with Gasteiger partial charge in [0.15, 0.2) is 11.5 Å². The third-order valence-corrected chi connectivity index (χ3v) is 3.73. The van der Waals surface area contributed by atoms with Crippen LogP contribution >= 0.6 is 0 Å². The maximum atomic E-state index is 12.1. The number of aryl methyl sites for hydroxylation is 1. The van der Waals surface area contributed by atoms with Crippen molar-refractivity contribution < 1.29 is 28.5 Å². The van der Waals surface area contributed by atoms with Gasteiger partial charge in [0.2, 0.25) is 0 Å². The minimum absolute atomic E-state index is 0.159. The molecule has 0 saturated carbocycles. The van der Waals surface area contributed by atoms with Crippen LogP contribution in [0.2, 0.25) is 0 Å². The van der Waals surface area contributed by atoms with Gasteiger partial charge in [-0.3, -0.25) is 0 Å². The fraction of sp³-hybridized carbons (Fsp3) is 0.524. The maximum Gasteiger partial charge on any atom is 0.345 e. The summed E-state index contributed by atoms with van der Waals surface area (Å²) in [5, 5.41) is 0. The first-order valence-electron chi connectivity index (χ1n) is 9.21. The molecule has 6 heteroatoms. The van der Waals surface area contributed by atoms with E-state index < -0.39 is 11.9 Å². The van der Waals surface area contributed by atoms with Crippen molar-refractivity contribution in [2.45, 2.75) is 41.0 Å². The summed E-state index contributed by atoms with van der Waals surface area (Å²) in [5.41, 5.74) is 1.31. The molecule has 0 saturated heterocycles. The van der Waals surface area contributed by atoms with Gasteiger partial charge in [0, 0.05) is 0 Å². The Labute approximate surface area is 161 Å². The van der Waals surface area contributed by atoms with Crippen molar-refractivity contribution in [2.24, 2.45) is 5.92 Å². The summed E-state index contributed by atoms with van der Waals surface area (Å²) in [6, 6.07) is 3.54. The van der Waals surface area contributed by atoms with Gasteiger partial charge in [0.05, 0.1) is 26.9 Å². The average Bonchev–Trinajstić information content (AvgIpc) is 2.61. The van der Waals surface area contributed by atoms with Crippen molar-refractivity contribution >= 4 is 18.0 Å². The highest BCUT2D eigenvalue weighted by Crippen LogP contribution is 2.33. The second-order valence-corrected chi connectivity index (χ2v) is 6.40. The Balaban J connectivity index is 3.22. The summed E-state index contributed by atoms with van der Waals surface area (Å²) >= 11 is 0. The van der Waals surface area contributed by atoms with Crippen LogP contribution in [0.1, 0.15) is 45.2 Å². The third kappa shape index (κ3) is 6.96. The van der Waals surface area contributed by atoms with Crippen LogP contribution in [0, 0.1) is 12.8 Å². The minimum atomic E-state index is -0.718. The third-order valence-electron chi connectivity index (χ3n) is 3.73. The molecule has 1 rings (SSSR count). The minimum Gasteiger partial charge on any atom is -0.493 e. The predicted molar refractivity (Wildman–Crippen MR) is 104 cm³/mol. The van der Waals surface area contributed by atoms with Crippen molar-refractivity contribution in [2.75, 3.05) is 26.9 Å².